The Hall–Kier alpha value is -2.19. The predicted molar refractivity (Wildman–Crippen MR) is 89.0 cm³/mol. The highest BCUT2D eigenvalue weighted by molar-refractivity contribution is 7.16. The topological polar surface area (TPSA) is 52.9 Å². The summed E-state index contributed by atoms with van der Waals surface area (Å²) in [6.45, 7) is 0. The largest absolute Gasteiger partial charge is 0.317 e. The van der Waals surface area contributed by atoms with Crippen molar-refractivity contribution < 1.29 is 9.18 Å². The second kappa shape index (κ2) is 6.93. The lowest BCUT2D eigenvalue weighted by Crippen LogP contribution is -2.12. The van der Waals surface area contributed by atoms with Crippen LogP contribution in [0.4, 0.5) is 9.39 Å². The smallest absolute Gasteiger partial charge is 0.225 e. The second-order valence-electron chi connectivity index (χ2n) is 5.67. The summed E-state index contributed by atoms with van der Waals surface area (Å²) in [5.41, 5.74) is 2.26. The normalized spacial score (nSPS) is 13.2. The Morgan fingerprint density at radius 3 is 2.87 bits per heavy atom. The summed E-state index contributed by atoms with van der Waals surface area (Å²) < 4.78 is 13.6. The molecular weight excluding hydrogens is 311 g/mol. The third-order valence-electron chi connectivity index (χ3n) is 4.12. The molecule has 0 saturated carbocycles. The average Bonchev–Trinajstić information content (AvgIpc) is 2.91. The van der Waals surface area contributed by atoms with Crippen LogP contribution < -0.4 is 5.32 Å². The molecule has 0 spiro atoms. The van der Waals surface area contributed by atoms with Crippen molar-refractivity contribution in [2.45, 2.75) is 38.5 Å². The van der Waals surface area contributed by atoms with E-state index in [1.807, 2.05) is 0 Å². The molecule has 1 N–H and O–H groups in total. The number of nitrogens with zero attached hydrogens (tertiary/aromatic N) is 1. The number of hydrogen-bond acceptors (Lipinski definition) is 3. The van der Waals surface area contributed by atoms with E-state index in [0.717, 1.165) is 31.2 Å². The predicted octanol–water partition coefficient (Wildman–Crippen LogP) is 4.21. The van der Waals surface area contributed by atoms with Crippen LogP contribution in [-0.2, 0) is 24.1 Å². The molecule has 0 saturated heterocycles. The molecule has 1 heterocycles. The number of fused-ring (bicyclic) bond motifs is 1. The molecule has 1 amide bonds. The molecule has 0 bridgehead atoms. The van der Waals surface area contributed by atoms with Gasteiger partial charge in [0, 0.05) is 11.3 Å². The molecule has 0 fully saturated rings. The first-order valence-electron chi connectivity index (χ1n) is 7.77. The van der Waals surface area contributed by atoms with Gasteiger partial charge in [-0.3, -0.25) is 4.79 Å². The van der Waals surface area contributed by atoms with Crippen LogP contribution in [0.25, 0.3) is 0 Å². The van der Waals surface area contributed by atoms with Crippen LogP contribution in [0, 0.1) is 17.1 Å². The number of rotatable bonds is 4. The molecule has 23 heavy (non-hydrogen) atoms. The zero-order valence-corrected chi connectivity index (χ0v) is 13.5. The summed E-state index contributed by atoms with van der Waals surface area (Å²) in [4.78, 5) is 13.4. The molecule has 1 aromatic heterocycles. The van der Waals surface area contributed by atoms with Gasteiger partial charge in [0.15, 0.2) is 0 Å². The summed E-state index contributed by atoms with van der Waals surface area (Å²) in [6, 6.07) is 8.71. The van der Waals surface area contributed by atoms with Crippen molar-refractivity contribution in [1.29, 1.82) is 5.26 Å². The van der Waals surface area contributed by atoms with Crippen molar-refractivity contribution in [2.24, 2.45) is 0 Å². The third kappa shape index (κ3) is 3.43. The van der Waals surface area contributed by atoms with E-state index in [2.05, 4.69) is 11.4 Å². The molecule has 0 radical (unpaired) electrons. The maximum Gasteiger partial charge on any atom is 0.225 e. The first-order valence-corrected chi connectivity index (χ1v) is 8.58. The van der Waals surface area contributed by atoms with Crippen molar-refractivity contribution in [1.82, 2.24) is 0 Å². The lowest BCUT2D eigenvalue weighted by Gasteiger charge is -2.09. The van der Waals surface area contributed by atoms with E-state index in [9.17, 15) is 14.4 Å². The van der Waals surface area contributed by atoms with Crippen LogP contribution in [0.1, 0.15) is 40.8 Å². The van der Waals surface area contributed by atoms with E-state index in [1.165, 1.54) is 22.3 Å². The maximum absolute atomic E-state index is 13.6. The quantitative estimate of drug-likeness (QED) is 0.914. The number of thiophene rings is 1. The fraction of sp³-hybridized carbons (Fsp3) is 0.333. The Bertz CT molecular complexity index is 776. The van der Waals surface area contributed by atoms with Gasteiger partial charge in [0.2, 0.25) is 5.91 Å². The molecule has 0 aliphatic heterocycles. The Morgan fingerprint density at radius 1 is 1.30 bits per heavy atom. The minimum absolute atomic E-state index is 0.177. The zero-order valence-electron chi connectivity index (χ0n) is 12.7. The standard InChI is InChI=1S/C18H17FN2OS/c19-15-7-3-1-5-12(15)9-10-17(22)21-18-14(11-20)13-6-2-4-8-16(13)23-18/h1,3,5,7H,2,4,6,8-10H2,(H,21,22). The van der Waals surface area contributed by atoms with E-state index in [4.69, 9.17) is 0 Å². The molecule has 3 rings (SSSR count). The number of carbonyl (C=O) groups excluding carboxylic acids is 1. The van der Waals surface area contributed by atoms with Crippen LogP contribution in [0.2, 0.25) is 0 Å². The summed E-state index contributed by atoms with van der Waals surface area (Å²) in [5, 5.41) is 12.9. The van der Waals surface area contributed by atoms with E-state index in [0.29, 0.717) is 22.5 Å². The molecule has 0 atom stereocenters. The average molecular weight is 328 g/mol. The molecule has 3 nitrogen and oxygen atoms in total. The van der Waals surface area contributed by atoms with Crippen molar-refractivity contribution in [3.8, 4) is 6.07 Å². The minimum atomic E-state index is -0.287. The molecule has 2 aromatic rings. The van der Waals surface area contributed by atoms with E-state index in [-0.39, 0.29) is 18.1 Å². The van der Waals surface area contributed by atoms with E-state index in [1.54, 1.807) is 18.2 Å². The van der Waals surface area contributed by atoms with Gasteiger partial charge in [0.05, 0.1) is 5.56 Å². The number of carbonyl (C=O) groups is 1. The Kier molecular flexibility index (Phi) is 4.73. The van der Waals surface area contributed by atoms with Crippen LogP contribution in [0.15, 0.2) is 24.3 Å². The summed E-state index contributed by atoms with van der Waals surface area (Å²) in [6.07, 6.45) is 4.69. The number of anilines is 1. The lowest BCUT2D eigenvalue weighted by atomic mass is 9.96. The van der Waals surface area contributed by atoms with Crippen molar-refractivity contribution in [3.63, 3.8) is 0 Å². The lowest BCUT2D eigenvalue weighted by molar-refractivity contribution is -0.116. The summed E-state index contributed by atoms with van der Waals surface area (Å²) >= 11 is 1.51. The van der Waals surface area contributed by atoms with Gasteiger partial charge in [-0.2, -0.15) is 5.26 Å². The number of aryl methyl sites for hydroxylation is 2. The molecule has 1 aliphatic carbocycles. The van der Waals surface area contributed by atoms with E-state index >= 15 is 0 Å². The van der Waals surface area contributed by atoms with Gasteiger partial charge in [0.1, 0.15) is 16.9 Å². The SMILES string of the molecule is N#Cc1c(NC(=O)CCc2ccccc2F)sc2c1CCCC2. The fourth-order valence-electron chi connectivity index (χ4n) is 2.91. The third-order valence-corrected chi connectivity index (χ3v) is 5.32. The number of hydrogen-bond donors (Lipinski definition) is 1. The number of nitrogens with one attached hydrogen (secondary N) is 1. The summed E-state index contributed by atoms with van der Waals surface area (Å²) in [7, 11) is 0. The number of nitriles is 1. The molecule has 5 heteroatoms. The van der Waals surface area contributed by atoms with Gasteiger partial charge in [-0.25, -0.2) is 4.39 Å². The van der Waals surface area contributed by atoms with Crippen LogP contribution >= 0.6 is 11.3 Å². The fourth-order valence-corrected chi connectivity index (χ4v) is 4.17. The van der Waals surface area contributed by atoms with Crippen LogP contribution in [0.3, 0.4) is 0 Å². The highest BCUT2D eigenvalue weighted by atomic mass is 32.1. The van der Waals surface area contributed by atoms with Gasteiger partial charge in [-0.05, 0) is 49.3 Å². The maximum atomic E-state index is 13.6. The molecular formula is C18H17FN2OS. The van der Waals surface area contributed by atoms with Gasteiger partial charge in [-0.1, -0.05) is 18.2 Å². The first kappa shape index (κ1) is 15.7. The van der Waals surface area contributed by atoms with Gasteiger partial charge in [0.25, 0.3) is 0 Å². The molecule has 1 aliphatic rings. The highest BCUT2D eigenvalue weighted by Gasteiger charge is 2.21. The second-order valence-corrected chi connectivity index (χ2v) is 6.77. The van der Waals surface area contributed by atoms with Crippen molar-refractivity contribution in [3.05, 3.63) is 51.7 Å². The van der Waals surface area contributed by atoms with Gasteiger partial charge in [-0.15, -0.1) is 11.3 Å². The number of halogens is 1. The molecule has 1 aromatic carbocycles. The van der Waals surface area contributed by atoms with Gasteiger partial charge >= 0.3 is 0 Å². The first-order chi connectivity index (χ1) is 11.2. The van der Waals surface area contributed by atoms with Gasteiger partial charge < -0.3 is 5.32 Å². The zero-order chi connectivity index (χ0) is 16.2. The molecule has 118 valence electrons. The van der Waals surface area contributed by atoms with Crippen molar-refractivity contribution >= 4 is 22.2 Å². The minimum Gasteiger partial charge on any atom is -0.317 e. The monoisotopic (exact) mass is 328 g/mol. The Balaban J connectivity index is 1.68. The Morgan fingerprint density at radius 2 is 2.09 bits per heavy atom. The number of amides is 1. The highest BCUT2D eigenvalue weighted by Crippen LogP contribution is 2.37. The number of benzene rings is 1. The van der Waals surface area contributed by atoms with Crippen LogP contribution in [-0.4, -0.2) is 5.91 Å². The van der Waals surface area contributed by atoms with E-state index < -0.39 is 0 Å². The Labute approximate surface area is 138 Å². The molecule has 0 unspecified atom stereocenters. The van der Waals surface area contributed by atoms with Crippen molar-refractivity contribution in [2.75, 3.05) is 5.32 Å². The summed E-state index contributed by atoms with van der Waals surface area (Å²) in [5.74, 6) is -0.465. The van der Waals surface area contributed by atoms with Crippen LogP contribution in [0.5, 0.6) is 0 Å².